The van der Waals surface area contributed by atoms with Crippen LogP contribution in [-0.2, 0) is 0 Å². The molecule has 0 aliphatic heterocycles. The molecule has 0 rings (SSSR count). The van der Waals surface area contributed by atoms with E-state index in [4.69, 9.17) is 0 Å². The summed E-state index contributed by atoms with van der Waals surface area (Å²) >= 11 is 0. The van der Waals surface area contributed by atoms with Crippen molar-refractivity contribution in [2.75, 3.05) is 0 Å². The van der Waals surface area contributed by atoms with Gasteiger partial charge in [-0.25, -0.2) is 0 Å². The molecule has 0 bridgehead atoms. The zero-order valence-corrected chi connectivity index (χ0v) is 7.79. The first-order valence-corrected chi connectivity index (χ1v) is 4.11. The Morgan fingerprint density at radius 3 is 2.58 bits per heavy atom. The molecule has 0 saturated carbocycles. The minimum absolute atomic E-state index is 0.193. The van der Waals surface area contributed by atoms with Crippen molar-refractivity contribution in [2.45, 2.75) is 25.8 Å². The number of hydrogen-bond acceptors (Lipinski definition) is 1. The van der Waals surface area contributed by atoms with Crippen molar-refractivity contribution in [2.24, 2.45) is 4.99 Å². The molecule has 0 radical (unpaired) electrons. The fourth-order valence-electron chi connectivity index (χ4n) is 0.944. The van der Waals surface area contributed by atoms with Crippen LogP contribution in [0.4, 0.5) is 0 Å². The number of aliphatic imine (C=N–C) groups is 1. The lowest BCUT2D eigenvalue weighted by Gasteiger charge is -2.05. The summed E-state index contributed by atoms with van der Waals surface area (Å²) in [6, 6.07) is 0.193. The highest BCUT2D eigenvalue weighted by Gasteiger charge is 1.98. The van der Waals surface area contributed by atoms with Crippen molar-refractivity contribution < 1.29 is 0 Å². The molecule has 1 nitrogen and oxygen atoms in total. The molecule has 1 heteroatoms. The summed E-state index contributed by atoms with van der Waals surface area (Å²) in [7, 11) is 0. The van der Waals surface area contributed by atoms with E-state index in [1.54, 1.807) is 6.08 Å². The lowest BCUT2D eigenvalue weighted by molar-refractivity contribution is 0.723. The van der Waals surface area contributed by atoms with Crippen molar-refractivity contribution in [1.82, 2.24) is 0 Å². The Kier molecular flexibility index (Phi) is 5.98. The van der Waals surface area contributed by atoms with Gasteiger partial charge in [-0.2, -0.15) is 0 Å². The maximum Gasteiger partial charge on any atom is 0.0673 e. The SMILES string of the molecule is C=C/C=C(/C)CCC(C=C)N=C. The van der Waals surface area contributed by atoms with Crippen molar-refractivity contribution in [1.29, 1.82) is 0 Å². The summed E-state index contributed by atoms with van der Waals surface area (Å²) in [6.45, 7) is 12.9. The Morgan fingerprint density at radius 1 is 1.50 bits per heavy atom. The van der Waals surface area contributed by atoms with Gasteiger partial charge in [-0.3, -0.25) is 4.99 Å². The molecule has 0 aromatic heterocycles. The average molecular weight is 163 g/mol. The van der Waals surface area contributed by atoms with Crippen molar-refractivity contribution in [3.05, 3.63) is 37.0 Å². The fraction of sp³-hybridized carbons (Fsp3) is 0.364. The molecule has 0 N–H and O–H groups in total. The van der Waals surface area contributed by atoms with E-state index in [9.17, 15) is 0 Å². The molecule has 1 atom stereocenters. The molecule has 12 heavy (non-hydrogen) atoms. The number of rotatable bonds is 6. The lowest BCUT2D eigenvalue weighted by Crippen LogP contribution is -1.98. The summed E-state index contributed by atoms with van der Waals surface area (Å²) in [5.41, 5.74) is 1.32. The highest BCUT2D eigenvalue weighted by atomic mass is 14.7. The second-order valence-electron chi connectivity index (χ2n) is 2.77. The first-order chi connectivity index (χ1) is 5.74. The maximum absolute atomic E-state index is 3.92. The summed E-state index contributed by atoms with van der Waals surface area (Å²) < 4.78 is 0. The molecule has 0 spiro atoms. The number of nitrogens with zero attached hydrogens (tertiary/aromatic N) is 1. The standard InChI is InChI=1S/C11H17N/c1-5-7-10(3)8-9-11(6-2)12-4/h5-7,11H,1-2,4,8-9H2,3H3/b10-7-. The van der Waals surface area contributed by atoms with E-state index in [0.717, 1.165) is 12.8 Å². The molecular formula is C11H17N. The van der Waals surface area contributed by atoms with Gasteiger partial charge in [-0.05, 0) is 26.5 Å². The van der Waals surface area contributed by atoms with E-state index in [-0.39, 0.29) is 6.04 Å². The van der Waals surface area contributed by atoms with Crippen LogP contribution < -0.4 is 0 Å². The van der Waals surface area contributed by atoms with E-state index < -0.39 is 0 Å². The van der Waals surface area contributed by atoms with E-state index in [0.29, 0.717) is 0 Å². The molecule has 0 amide bonds. The van der Waals surface area contributed by atoms with Crippen LogP contribution >= 0.6 is 0 Å². The third-order valence-electron chi connectivity index (χ3n) is 1.74. The molecule has 0 aromatic rings. The van der Waals surface area contributed by atoms with Gasteiger partial charge in [0.05, 0.1) is 6.04 Å². The second kappa shape index (κ2) is 6.59. The van der Waals surface area contributed by atoms with Gasteiger partial charge in [0, 0.05) is 0 Å². The zero-order chi connectivity index (χ0) is 9.40. The van der Waals surface area contributed by atoms with Crippen molar-refractivity contribution in [3.63, 3.8) is 0 Å². The lowest BCUT2D eigenvalue weighted by atomic mass is 10.1. The monoisotopic (exact) mass is 163 g/mol. The molecular weight excluding hydrogens is 146 g/mol. The zero-order valence-electron chi connectivity index (χ0n) is 7.79. The average Bonchev–Trinajstić information content (AvgIpc) is 2.07. The van der Waals surface area contributed by atoms with Gasteiger partial charge < -0.3 is 0 Å². The van der Waals surface area contributed by atoms with Gasteiger partial charge in [0.25, 0.3) is 0 Å². The van der Waals surface area contributed by atoms with Gasteiger partial charge in [-0.1, -0.05) is 30.4 Å². The molecule has 0 heterocycles. The van der Waals surface area contributed by atoms with E-state index in [1.807, 2.05) is 12.2 Å². The minimum Gasteiger partial charge on any atom is -0.293 e. The smallest absolute Gasteiger partial charge is 0.0673 e. The minimum atomic E-state index is 0.193. The van der Waals surface area contributed by atoms with Gasteiger partial charge in [0.1, 0.15) is 0 Å². The van der Waals surface area contributed by atoms with Crippen LogP contribution in [-0.4, -0.2) is 12.8 Å². The largest absolute Gasteiger partial charge is 0.293 e. The maximum atomic E-state index is 3.92. The normalized spacial score (nSPS) is 13.6. The predicted octanol–water partition coefficient (Wildman–Crippen LogP) is 3.15. The van der Waals surface area contributed by atoms with E-state index >= 15 is 0 Å². The molecule has 0 aliphatic carbocycles. The summed E-state index contributed by atoms with van der Waals surface area (Å²) in [4.78, 5) is 3.92. The third-order valence-corrected chi connectivity index (χ3v) is 1.74. The van der Waals surface area contributed by atoms with Crippen LogP contribution in [0, 0.1) is 0 Å². The van der Waals surface area contributed by atoms with Crippen LogP contribution in [0.1, 0.15) is 19.8 Å². The van der Waals surface area contributed by atoms with Crippen LogP contribution in [0.25, 0.3) is 0 Å². The Morgan fingerprint density at radius 2 is 2.17 bits per heavy atom. The topological polar surface area (TPSA) is 12.4 Å². The Balaban J connectivity index is 3.80. The Bertz CT molecular complexity index is 181. The van der Waals surface area contributed by atoms with Gasteiger partial charge in [0.15, 0.2) is 0 Å². The van der Waals surface area contributed by atoms with Crippen molar-refractivity contribution in [3.8, 4) is 0 Å². The van der Waals surface area contributed by atoms with Crippen molar-refractivity contribution >= 4 is 6.72 Å². The summed E-state index contributed by atoms with van der Waals surface area (Å²) in [5.74, 6) is 0. The first-order valence-electron chi connectivity index (χ1n) is 4.11. The molecule has 0 aliphatic rings. The van der Waals surface area contributed by atoms with Crippen LogP contribution in [0.3, 0.4) is 0 Å². The second-order valence-corrected chi connectivity index (χ2v) is 2.77. The van der Waals surface area contributed by atoms with Gasteiger partial charge >= 0.3 is 0 Å². The highest BCUT2D eigenvalue weighted by Crippen LogP contribution is 2.09. The molecule has 0 fully saturated rings. The number of allylic oxidation sites excluding steroid dienone is 3. The van der Waals surface area contributed by atoms with Gasteiger partial charge in [-0.15, -0.1) is 6.58 Å². The van der Waals surface area contributed by atoms with Crippen LogP contribution in [0.2, 0.25) is 0 Å². The predicted molar refractivity (Wildman–Crippen MR) is 56.7 cm³/mol. The van der Waals surface area contributed by atoms with Crippen LogP contribution in [0.15, 0.2) is 42.0 Å². The fourth-order valence-corrected chi connectivity index (χ4v) is 0.944. The third kappa shape index (κ3) is 4.67. The molecule has 1 unspecified atom stereocenters. The summed E-state index contributed by atoms with van der Waals surface area (Å²) in [5, 5.41) is 0. The molecule has 0 aromatic carbocycles. The van der Waals surface area contributed by atoms with Gasteiger partial charge in [0.2, 0.25) is 0 Å². The summed E-state index contributed by atoms with van der Waals surface area (Å²) in [6.07, 6.45) is 7.67. The number of hydrogen-bond donors (Lipinski definition) is 0. The van der Waals surface area contributed by atoms with E-state index in [2.05, 4.69) is 31.8 Å². The Labute approximate surface area is 75.2 Å². The molecule has 0 saturated heterocycles. The van der Waals surface area contributed by atoms with Crippen LogP contribution in [0.5, 0.6) is 0 Å². The Hall–Kier alpha value is -1.11. The quantitative estimate of drug-likeness (QED) is 0.324. The molecule has 66 valence electrons. The first kappa shape index (κ1) is 10.9. The highest BCUT2D eigenvalue weighted by molar-refractivity contribution is 5.25. The van der Waals surface area contributed by atoms with E-state index in [1.165, 1.54) is 5.57 Å².